The van der Waals surface area contributed by atoms with E-state index < -0.39 is 0 Å². The van der Waals surface area contributed by atoms with Crippen molar-refractivity contribution in [3.8, 4) is 0 Å². The lowest BCUT2D eigenvalue weighted by molar-refractivity contribution is 0.290. The molecule has 1 saturated carbocycles. The molecule has 0 radical (unpaired) electrons. The second kappa shape index (κ2) is 8.11. The smallest absolute Gasteiger partial charge is 0.00948 e. The molecule has 0 aromatic rings. The molecule has 1 rings (SSSR count). The van der Waals surface area contributed by atoms with Crippen molar-refractivity contribution in [3.63, 3.8) is 0 Å². The monoisotopic (exact) mass is 225 g/mol. The predicted octanol–water partition coefficient (Wildman–Crippen LogP) is 4.37. The summed E-state index contributed by atoms with van der Waals surface area (Å²) in [5.41, 5.74) is 0. The third-order valence-electron chi connectivity index (χ3n) is 4.43. The standard InChI is InChI=1S/C15H31N/c1-4-5-6-7-8-12-15(16-3)14-11-9-10-13(14)2/h13-16H,4-12H2,1-3H3. The second-order valence-electron chi connectivity index (χ2n) is 5.67. The zero-order valence-corrected chi connectivity index (χ0v) is 11.6. The van der Waals surface area contributed by atoms with Crippen LogP contribution in [0.25, 0.3) is 0 Å². The van der Waals surface area contributed by atoms with Crippen molar-refractivity contribution in [2.75, 3.05) is 7.05 Å². The molecule has 16 heavy (non-hydrogen) atoms. The predicted molar refractivity (Wildman–Crippen MR) is 72.7 cm³/mol. The van der Waals surface area contributed by atoms with Gasteiger partial charge in [-0.2, -0.15) is 0 Å². The van der Waals surface area contributed by atoms with E-state index >= 15 is 0 Å². The highest BCUT2D eigenvalue weighted by molar-refractivity contribution is 4.83. The topological polar surface area (TPSA) is 12.0 Å². The molecule has 0 aromatic heterocycles. The minimum atomic E-state index is 0.791. The van der Waals surface area contributed by atoms with Gasteiger partial charge in [0.1, 0.15) is 0 Å². The molecule has 0 aromatic carbocycles. The number of nitrogens with one attached hydrogen (secondary N) is 1. The van der Waals surface area contributed by atoms with Crippen molar-refractivity contribution in [1.29, 1.82) is 0 Å². The van der Waals surface area contributed by atoms with Crippen molar-refractivity contribution < 1.29 is 0 Å². The summed E-state index contributed by atoms with van der Waals surface area (Å²) in [4.78, 5) is 0. The van der Waals surface area contributed by atoms with Gasteiger partial charge in [-0.05, 0) is 31.7 Å². The van der Waals surface area contributed by atoms with E-state index in [2.05, 4.69) is 26.2 Å². The normalized spacial score (nSPS) is 27.2. The van der Waals surface area contributed by atoms with E-state index in [1.54, 1.807) is 0 Å². The van der Waals surface area contributed by atoms with E-state index in [0.717, 1.165) is 17.9 Å². The summed E-state index contributed by atoms with van der Waals surface area (Å²) in [5, 5.41) is 3.57. The van der Waals surface area contributed by atoms with Crippen LogP contribution in [-0.4, -0.2) is 13.1 Å². The minimum Gasteiger partial charge on any atom is -0.317 e. The molecular weight excluding hydrogens is 194 g/mol. The molecular formula is C15H31N. The Labute approximate surface area is 102 Å². The van der Waals surface area contributed by atoms with Gasteiger partial charge in [0.15, 0.2) is 0 Å². The Kier molecular flexibility index (Phi) is 7.11. The molecule has 96 valence electrons. The lowest BCUT2D eigenvalue weighted by atomic mass is 9.87. The van der Waals surface area contributed by atoms with Gasteiger partial charge in [-0.1, -0.05) is 58.8 Å². The van der Waals surface area contributed by atoms with Gasteiger partial charge in [0.2, 0.25) is 0 Å². The van der Waals surface area contributed by atoms with Crippen molar-refractivity contribution in [3.05, 3.63) is 0 Å². The van der Waals surface area contributed by atoms with Crippen LogP contribution in [-0.2, 0) is 0 Å². The molecule has 0 saturated heterocycles. The SMILES string of the molecule is CCCCCCCC(NC)C1CCCC1C. The van der Waals surface area contributed by atoms with Gasteiger partial charge < -0.3 is 5.32 Å². The zero-order valence-electron chi connectivity index (χ0n) is 11.6. The molecule has 1 nitrogen and oxygen atoms in total. The van der Waals surface area contributed by atoms with Gasteiger partial charge >= 0.3 is 0 Å². The summed E-state index contributed by atoms with van der Waals surface area (Å²) in [5.74, 6) is 1.91. The quantitative estimate of drug-likeness (QED) is 0.605. The lowest BCUT2D eigenvalue weighted by Crippen LogP contribution is -2.34. The van der Waals surface area contributed by atoms with Gasteiger partial charge in [-0.15, -0.1) is 0 Å². The van der Waals surface area contributed by atoms with Gasteiger partial charge in [0.05, 0.1) is 0 Å². The lowest BCUT2D eigenvalue weighted by Gasteiger charge is -2.26. The van der Waals surface area contributed by atoms with Gasteiger partial charge in [-0.3, -0.25) is 0 Å². The largest absolute Gasteiger partial charge is 0.317 e. The summed E-state index contributed by atoms with van der Waals surface area (Å²) >= 11 is 0. The van der Waals surface area contributed by atoms with Crippen LogP contribution in [0.4, 0.5) is 0 Å². The first-order chi connectivity index (χ1) is 7.79. The van der Waals surface area contributed by atoms with E-state index in [1.165, 1.54) is 57.8 Å². The highest BCUT2D eigenvalue weighted by atomic mass is 14.9. The molecule has 3 atom stereocenters. The number of hydrogen-bond donors (Lipinski definition) is 1. The van der Waals surface area contributed by atoms with Crippen LogP contribution in [0, 0.1) is 11.8 Å². The minimum absolute atomic E-state index is 0.791. The fourth-order valence-corrected chi connectivity index (χ4v) is 3.31. The Balaban J connectivity index is 2.16. The second-order valence-corrected chi connectivity index (χ2v) is 5.67. The first kappa shape index (κ1) is 14.0. The maximum atomic E-state index is 3.57. The van der Waals surface area contributed by atoms with E-state index in [-0.39, 0.29) is 0 Å². The van der Waals surface area contributed by atoms with Crippen molar-refractivity contribution in [1.82, 2.24) is 5.32 Å². The zero-order chi connectivity index (χ0) is 11.8. The van der Waals surface area contributed by atoms with E-state index in [1.807, 2.05) is 0 Å². The Hall–Kier alpha value is -0.0400. The van der Waals surface area contributed by atoms with Crippen LogP contribution < -0.4 is 5.32 Å². The fraction of sp³-hybridized carbons (Fsp3) is 1.00. The summed E-state index contributed by atoms with van der Waals surface area (Å²) in [6.07, 6.45) is 12.9. The highest BCUT2D eigenvalue weighted by Crippen LogP contribution is 2.35. The van der Waals surface area contributed by atoms with Crippen molar-refractivity contribution in [2.45, 2.75) is 77.7 Å². The maximum absolute atomic E-state index is 3.57. The number of rotatable bonds is 8. The molecule has 1 fully saturated rings. The molecule has 0 heterocycles. The van der Waals surface area contributed by atoms with Crippen molar-refractivity contribution >= 4 is 0 Å². The average molecular weight is 225 g/mol. The van der Waals surface area contributed by atoms with Gasteiger partial charge in [0.25, 0.3) is 0 Å². The van der Waals surface area contributed by atoms with Gasteiger partial charge in [-0.25, -0.2) is 0 Å². The highest BCUT2D eigenvalue weighted by Gasteiger charge is 2.29. The molecule has 1 aliphatic carbocycles. The Morgan fingerprint density at radius 1 is 1.12 bits per heavy atom. The van der Waals surface area contributed by atoms with Crippen LogP contribution >= 0.6 is 0 Å². The van der Waals surface area contributed by atoms with Crippen LogP contribution in [0.3, 0.4) is 0 Å². The average Bonchev–Trinajstić information content (AvgIpc) is 2.70. The molecule has 0 aliphatic heterocycles. The van der Waals surface area contributed by atoms with E-state index in [0.29, 0.717) is 0 Å². The molecule has 3 unspecified atom stereocenters. The first-order valence-corrected chi connectivity index (χ1v) is 7.46. The van der Waals surface area contributed by atoms with E-state index in [4.69, 9.17) is 0 Å². The first-order valence-electron chi connectivity index (χ1n) is 7.46. The third kappa shape index (κ3) is 4.45. The molecule has 0 bridgehead atoms. The summed E-state index contributed by atoms with van der Waals surface area (Å²) in [6.45, 7) is 4.73. The summed E-state index contributed by atoms with van der Waals surface area (Å²) in [6, 6.07) is 0.791. The van der Waals surface area contributed by atoms with Crippen LogP contribution in [0.15, 0.2) is 0 Å². The fourth-order valence-electron chi connectivity index (χ4n) is 3.31. The van der Waals surface area contributed by atoms with Crippen LogP contribution in [0.1, 0.15) is 71.6 Å². The van der Waals surface area contributed by atoms with Crippen molar-refractivity contribution in [2.24, 2.45) is 11.8 Å². The molecule has 1 aliphatic rings. The van der Waals surface area contributed by atoms with E-state index in [9.17, 15) is 0 Å². The molecule has 0 amide bonds. The Morgan fingerprint density at radius 2 is 1.88 bits per heavy atom. The summed E-state index contributed by atoms with van der Waals surface area (Å²) in [7, 11) is 2.15. The molecule has 1 N–H and O–H groups in total. The number of hydrogen-bond acceptors (Lipinski definition) is 1. The van der Waals surface area contributed by atoms with Crippen LogP contribution in [0.5, 0.6) is 0 Å². The number of unbranched alkanes of at least 4 members (excludes halogenated alkanes) is 4. The van der Waals surface area contributed by atoms with Gasteiger partial charge in [0, 0.05) is 6.04 Å². The molecule has 0 spiro atoms. The molecule has 1 heteroatoms. The Bertz CT molecular complexity index is 167. The maximum Gasteiger partial charge on any atom is 0.00948 e. The summed E-state index contributed by atoms with van der Waals surface area (Å²) < 4.78 is 0. The third-order valence-corrected chi connectivity index (χ3v) is 4.43. The Morgan fingerprint density at radius 3 is 2.44 bits per heavy atom. The van der Waals surface area contributed by atoms with Crippen LogP contribution in [0.2, 0.25) is 0 Å².